The van der Waals surface area contributed by atoms with Crippen LogP contribution in [0.2, 0.25) is 0 Å². The van der Waals surface area contributed by atoms with E-state index in [-0.39, 0.29) is 6.09 Å². The van der Waals surface area contributed by atoms with Gasteiger partial charge in [0.2, 0.25) is 0 Å². The molecule has 3 nitrogen and oxygen atoms in total. The maximum absolute atomic E-state index is 12.3. The van der Waals surface area contributed by atoms with Crippen molar-refractivity contribution in [3.8, 4) is 0 Å². The summed E-state index contributed by atoms with van der Waals surface area (Å²) in [6, 6.07) is 27.3. The minimum atomic E-state index is -0.350. The van der Waals surface area contributed by atoms with Crippen LogP contribution in [0.1, 0.15) is 35.4 Å². The van der Waals surface area contributed by atoms with Gasteiger partial charge in [-0.15, -0.1) is 0 Å². The fourth-order valence-electron chi connectivity index (χ4n) is 4.72. The quantitative estimate of drug-likeness (QED) is 0.410. The molecule has 1 aliphatic carbocycles. The van der Waals surface area contributed by atoms with E-state index >= 15 is 0 Å². The molecule has 1 unspecified atom stereocenters. The summed E-state index contributed by atoms with van der Waals surface area (Å²) in [5.41, 5.74) is 3.80. The first kappa shape index (κ1) is 18.7. The SMILES string of the molecule is O=C(NCC1CCCc2ccc3c(ccc4ccccc43)c21)OCc1ccccc1. The number of carbonyl (C=O) groups is 1. The van der Waals surface area contributed by atoms with Crippen molar-refractivity contribution in [3.63, 3.8) is 0 Å². The van der Waals surface area contributed by atoms with Crippen LogP contribution in [0.3, 0.4) is 0 Å². The van der Waals surface area contributed by atoms with E-state index in [1.807, 2.05) is 30.3 Å². The van der Waals surface area contributed by atoms with Crippen LogP contribution in [0.25, 0.3) is 21.5 Å². The Hall–Kier alpha value is -3.33. The average Bonchev–Trinajstić information content (AvgIpc) is 2.81. The number of rotatable bonds is 4. The molecule has 1 amide bonds. The summed E-state index contributed by atoms with van der Waals surface area (Å²) in [6.45, 7) is 0.898. The molecule has 1 atom stereocenters. The van der Waals surface area contributed by atoms with E-state index in [1.165, 1.54) is 32.7 Å². The summed E-state index contributed by atoms with van der Waals surface area (Å²) in [5, 5.41) is 8.17. The highest BCUT2D eigenvalue weighted by atomic mass is 16.5. The Morgan fingerprint density at radius 1 is 0.867 bits per heavy atom. The van der Waals surface area contributed by atoms with Gasteiger partial charge in [0.05, 0.1) is 0 Å². The van der Waals surface area contributed by atoms with Crippen molar-refractivity contribution in [2.24, 2.45) is 0 Å². The van der Waals surface area contributed by atoms with Gasteiger partial charge in [0.1, 0.15) is 6.61 Å². The average molecular weight is 396 g/mol. The van der Waals surface area contributed by atoms with Gasteiger partial charge >= 0.3 is 6.09 Å². The lowest BCUT2D eigenvalue weighted by Gasteiger charge is -2.27. The van der Waals surface area contributed by atoms with Crippen molar-refractivity contribution in [2.75, 3.05) is 6.54 Å². The molecule has 4 aromatic carbocycles. The van der Waals surface area contributed by atoms with Crippen LogP contribution in [-0.4, -0.2) is 12.6 Å². The fourth-order valence-corrected chi connectivity index (χ4v) is 4.72. The minimum Gasteiger partial charge on any atom is -0.445 e. The number of alkyl carbamates (subject to hydrolysis) is 1. The molecule has 0 bridgehead atoms. The molecule has 0 saturated heterocycles. The number of amides is 1. The number of nitrogens with one attached hydrogen (secondary N) is 1. The van der Waals surface area contributed by atoms with Crippen molar-refractivity contribution < 1.29 is 9.53 Å². The van der Waals surface area contributed by atoms with Gasteiger partial charge in [-0.05, 0) is 57.5 Å². The number of fused-ring (bicyclic) bond motifs is 5. The third-order valence-electron chi connectivity index (χ3n) is 6.17. The molecule has 0 spiro atoms. The lowest BCUT2D eigenvalue weighted by atomic mass is 9.79. The molecule has 30 heavy (non-hydrogen) atoms. The fraction of sp³-hybridized carbons (Fsp3) is 0.222. The Balaban J connectivity index is 1.37. The Bertz CT molecular complexity index is 1200. The summed E-state index contributed by atoms with van der Waals surface area (Å²) in [5.74, 6) is 0.308. The van der Waals surface area contributed by atoms with Gasteiger partial charge in [-0.2, -0.15) is 0 Å². The second kappa shape index (κ2) is 8.19. The van der Waals surface area contributed by atoms with E-state index < -0.39 is 0 Å². The summed E-state index contributed by atoms with van der Waals surface area (Å²) >= 11 is 0. The molecule has 0 fully saturated rings. The first-order valence-corrected chi connectivity index (χ1v) is 10.7. The van der Waals surface area contributed by atoms with Gasteiger partial charge in [-0.25, -0.2) is 4.79 Å². The number of carbonyl (C=O) groups excluding carboxylic acids is 1. The van der Waals surface area contributed by atoms with Crippen LogP contribution < -0.4 is 5.32 Å². The largest absolute Gasteiger partial charge is 0.445 e. The normalized spacial score (nSPS) is 15.7. The van der Waals surface area contributed by atoms with Crippen LogP contribution in [0.15, 0.2) is 78.9 Å². The van der Waals surface area contributed by atoms with Gasteiger partial charge in [-0.1, -0.05) is 78.9 Å². The zero-order chi connectivity index (χ0) is 20.3. The predicted octanol–water partition coefficient (Wildman–Crippen LogP) is 6.34. The van der Waals surface area contributed by atoms with Crippen molar-refractivity contribution in [1.29, 1.82) is 0 Å². The van der Waals surface area contributed by atoms with Gasteiger partial charge in [-0.3, -0.25) is 0 Å². The van der Waals surface area contributed by atoms with Gasteiger partial charge in [0.25, 0.3) is 0 Å². The maximum atomic E-state index is 12.3. The van der Waals surface area contributed by atoms with Crippen LogP contribution in [-0.2, 0) is 17.8 Å². The highest BCUT2D eigenvalue weighted by molar-refractivity contribution is 6.08. The van der Waals surface area contributed by atoms with Gasteiger partial charge in [0.15, 0.2) is 0 Å². The lowest BCUT2D eigenvalue weighted by molar-refractivity contribution is 0.139. The summed E-state index contributed by atoms with van der Waals surface area (Å²) in [4.78, 5) is 12.3. The molecular weight excluding hydrogens is 370 g/mol. The predicted molar refractivity (Wildman–Crippen MR) is 122 cm³/mol. The van der Waals surface area contributed by atoms with Crippen molar-refractivity contribution in [1.82, 2.24) is 5.32 Å². The molecule has 0 heterocycles. The number of aryl methyl sites for hydroxylation is 1. The van der Waals surface area contributed by atoms with E-state index in [0.717, 1.165) is 24.8 Å². The molecule has 5 rings (SSSR count). The van der Waals surface area contributed by atoms with Crippen molar-refractivity contribution >= 4 is 27.6 Å². The maximum Gasteiger partial charge on any atom is 0.407 e. The van der Waals surface area contributed by atoms with Crippen molar-refractivity contribution in [3.05, 3.63) is 95.6 Å². The van der Waals surface area contributed by atoms with Gasteiger partial charge < -0.3 is 10.1 Å². The minimum absolute atomic E-state index is 0.294. The molecule has 0 aliphatic heterocycles. The van der Waals surface area contributed by atoms with E-state index in [2.05, 4.69) is 53.8 Å². The van der Waals surface area contributed by atoms with E-state index in [0.29, 0.717) is 19.1 Å². The van der Waals surface area contributed by atoms with Crippen LogP contribution in [0.5, 0.6) is 0 Å². The van der Waals surface area contributed by atoms with E-state index in [9.17, 15) is 4.79 Å². The van der Waals surface area contributed by atoms with Gasteiger partial charge in [0, 0.05) is 12.5 Å². The topological polar surface area (TPSA) is 38.3 Å². The zero-order valence-electron chi connectivity index (χ0n) is 16.9. The molecule has 1 N–H and O–H groups in total. The molecule has 3 heteroatoms. The van der Waals surface area contributed by atoms with Crippen LogP contribution in [0, 0.1) is 0 Å². The first-order valence-electron chi connectivity index (χ1n) is 10.7. The van der Waals surface area contributed by atoms with E-state index in [1.54, 1.807) is 0 Å². The molecule has 150 valence electrons. The number of ether oxygens (including phenoxy) is 1. The number of hydrogen-bond acceptors (Lipinski definition) is 2. The summed E-state index contributed by atoms with van der Waals surface area (Å²) in [6.07, 6.45) is 2.99. The standard InChI is InChI=1S/C27H25NO2/c29-27(30-18-19-7-2-1-3-8-19)28-17-22-11-6-10-21-14-15-24-23-12-5-4-9-20(23)13-16-25(24)26(21)22/h1-5,7-9,12-16,22H,6,10-11,17-18H2,(H,28,29). The number of benzene rings is 4. The molecule has 0 saturated carbocycles. The third kappa shape index (κ3) is 3.63. The van der Waals surface area contributed by atoms with E-state index in [4.69, 9.17) is 4.74 Å². The summed E-state index contributed by atoms with van der Waals surface area (Å²) in [7, 11) is 0. The number of hydrogen-bond donors (Lipinski definition) is 1. The van der Waals surface area contributed by atoms with Crippen LogP contribution >= 0.6 is 0 Å². The molecule has 0 aromatic heterocycles. The second-order valence-corrected chi connectivity index (χ2v) is 8.05. The molecular formula is C27H25NO2. The van der Waals surface area contributed by atoms with Crippen molar-refractivity contribution in [2.45, 2.75) is 31.8 Å². The summed E-state index contributed by atoms with van der Waals surface area (Å²) < 4.78 is 5.40. The third-order valence-corrected chi connectivity index (χ3v) is 6.17. The lowest BCUT2D eigenvalue weighted by Crippen LogP contribution is -2.30. The Morgan fingerprint density at radius 2 is 1.67 bits per heavy atom. The Morgan fingerprint density at radius 3 is 2.57 bits per heavy atom. The second-order valence-electron chi connectivity index (χ2n) is 8.05. The highest BCUT2D eigenvalue weighted by Crippen LogP contribution is 2.38. The molecule has 1 aliphatic rings. The Labute approximate surface area is 176 Å². The monoisotopic (exact) mass is 395 g/mol. The molecule has 4 aromatic rings. The zero-order valence-corrected chi connectivity index (χ0v) is 16.9. The smallest absolute Gasteiger partial charge is 0.407 e. The highest BCUT2D eigenvalue weighted by Gasteiger charge is 2.23. The first-order chi connectivity index (χ1) is 14.8. The molecule has 0 radical (unpaired) electrons. The van der Waals surface area contributed by atoms with Crippen LogP contribution in [0.4, 0.5) is 4.79 Å². The Kier molecular flexibility index (Phi) is 5.10.